The van der Waals surface area contributed by atoms with Crippen molar-refractivity contribution >= 4 is 21.8 Å². The maximum atomic E-state index is 12.1. The van der Waals surface area contributed by atoms with Gasteiger partial charge in [-0.25, -0.2) is 0 Å². The van der Waals surface area contributed by atoms with Gasteiger partial charge in [0.1, 0.15) is 0 Å². The van der Waals surface area contributed by atoms with Crippen LogP contribution in [0.15, 0.2) is 16.6 Å². The standard InChI is InChI=1S/C15H20BrNO5/c1-2-21-13-7-11(9-18)12(16)8-14(13)22-10-15(19)17-3-5-20-6-4-17/h7-8,18H,2-6,9-10H2,1H3. The zero-order chi connectivity index (χ0) is 15.9. The maximum Gasteiger partial charge on any atom is 0.260 e. The number of ether oxygens (including phenoxy) is 3. The Hall–Kier alpha value is -1.31. The summed E-state index contributed by atoms with van der Waals surface area (Å²) in [5, 5.41) is 9.29. The minimum absolute atomic E-state index is 0.0506. The Morgan fingerprint density at radius 2 is 2.00 bits per heavy atom. The van der Waals surface area contributed by atoms with E-state index in [1.165, 1.54) is 0 Å². The molecule has 0 spiro atoms. The van der Waals surface area contributed by atoms with E-state index in [9.17, 15) is 9.90 Å². The number of morpholine rings is 1. The van der Waals surface area contributed by atoms with E-state index in [0.717, 1.165) is 0 Å². The average molecular weight is 374 g/mol. The number of nitrogens with zero attached hydrogens (tertiary/aromatic N) is 1. The number of hydrogen-bond donors (Lipinski definition) is 1. The first-order valence-corrected chi connectivity index (χ1v) is 7.99. The highest BCUT2D eigenvalue weighted by atomic mass is 79.9. The molecule has 6 nitrogen and oxygen atoms in total. The molecule has 0 aliphatic carbocycles. The Balaban J connectivity index is 2.04. The second-order valence-corrected chi connectivity index (χ2v) is 5.62. The maximum absolute atomic E-state index is 12.1. The Kier molecular flexibility index (Phi) is 6.48. The van der Waals surface area contributed by atoms with Gasteiger partial charge in [0.25, 0.3) is 5.91 Å². The van der Waals surface area contributed by atoms with Crippen LogP contribution in [0.25, 0.3) is 0 Å². The fraction of sp³-hybridized carbons (Fsp3) is 0.533. The van der Waals surface area contributed by atoms with Crippen molar-refractivity contribution < 1.29 is 24.1 Å². The normalized spacial score (nSPS) is 14.8. The largest absolute Gasteiger partial charge is 0.490 e. The summed E-state index contributed by atoms with van der Waals surface area (Å²) in [4.78, 5) is 13.8. The Bertz CT molecular complexity index is 517. The molecule has 122 valence electrons. The van der Waals surface area contributed by atoms with E-state index < -0.39 is 0 Å². The van der Waals surface area contributed by atoms with Crippen LogP contribution in [0.4, 0.5) is 0 Å². The molecule has 1 saturated heterocycles. The third kappa shape index (κ3) is 4.34. The van der Waals surface area contributed by atoms with Crippen LogP contribution in [0, 0.1) is 0 Å². The van der Waals surface area contributed by atoms with Gasteiger partial charge in [0.05, 0.1) is 26.4 Å². The highest BCUT2D eigenvalue weighted by Crippen LogP contribution is 2.34. The van der Waals surface area contributed by atoms with Crippen LogP contribution in [0.1, 0.15) is 12.5 Å². The minimum Gasteiger partial charge on any atom is -0.490 e. The van der Waals surface area contributed by atoms with Crippen molar-refractivity contribution in [3.05, 3.63) is 22.2 Å². The Morgan fingerprint density at radius 1 is 1.32 bits per heavy atom. The fourth-order valence-electron chi connectivity index (χ4n) is 2.12. The number of aliphatic hydroxyl groups excluding tert-OH is 1. The van der Waals surface area contributed by atoms with E-state index >= 15 is 0 Å². The summed E-state index contributed by atoms with van der Waals surface area (Å²) in [6.07, 6.45) is 0. The lowest BCUT2D eigenvalue weighted by Gasteiger charge is -2.26. The van der Waals surface area contributed by atoms with Crippen molar-refractivity contribution in [3.63, 3.8) is 0 Å². The van der Waals surface area contributed by atoms with Crippen LogP contribution >= 0.6 is 15.9 Å². The average Bonchev–Trinajstić information content (AvgIpc) is 2.55. The molecule has 2 rings (SSSR count). The number of aliphatic hydroxyl groups is 1. The summed E-state index contributed by atoms with van der Waals surface area (Å²) in [5.74, 6) is 0.921. The van der Waals surface area contributed by atoms with Gasteiger partial charge in [-0.1, -0.05) is 15.9 Å². The highest BCUT2D eigenvalue weighted by Gasteiger charge is 2.18. The van der Waals surface area contributed by atoms with Crippen molar-refractivity contribution in [1.82, 2.24) is 4.90 Å². The third-order valence-electron chi connectivity index (χ3n) is 3.30. The second kappa shape index (κ2) is 8.36. The molecule has 1 aliphatic rings. The number of carbonyl (C=O) groups is 1. The van der Waals surface area contributed by atoms with Crippen molar-refractivity contribution in [2.75, 3.05) is 39.5 Å². The molecule has 1 fully saturated rings. The Labute approximate surface area is 138 Å². The number of halogens is 1. The van der Waals surface area contributed by atoms with Crippen LogP contribution in [-0.2, 0) is 16.1 Å². The van der Waals surface area contributed by atoms with Gasteiger partial charge in [0, 0.05) is 17.6 Å². The molecule has 0 radical (unpaired) electrons. The SMILES string of the molecule is CCOc1cc(CO)c(Br)cc1OCC(=O)N1CCOCC1. The molecular weight excluding hydrogens is 354 g/mol. The van der Waals surface area contributed by atoms with Gasteiger partial charge in [0.15, 0.2) is 18.1 Å². The smallest absolute Gasteiger partial charge is 0.260 e. The van der Waals surface area contributed by atoms with Gasteiger partial charge in [0.2, 0.25) is 0 Å². The van der Waals surface area contributed by atoms with Gasteiger partial charge >= 0.3 is 0 Å². The molecule has 1 heterocycles. The van der Waals surface area contributed by atoms with Crippen molar-refractivity contribution in [2.45, 2.75) is 13.5 Å². The van der Waals surface area contributed by atoms with Crippen molar-refractivity contribution in [3.8, 4) is 11.5 Å². The molecule has 0 atom stereocenters. The lowest BCUT2D eigenvalue weighted by Crippen LogP contribution is -2.43. The lowest BCUT2D eigenvalue weighted by molar-refractivity contribution is -0.137. The first kappa shape index (κ1) is 17.1. The minimum atomic E-state index is -0.104. The first-order chi connectivity index (χ1) is 10.7. The summed E-state index contributed by atoms with van der Waals surface area (Å²) < 4.78 is 17.1. The van der Waals surface area contributed by atoms with Crippen LogP contribution in [0.3, 0.4) is 0 Å². The van der Waals surface area contributed by atoms with E-state index in [1.54, 1.807) is 17.0 Å². The van der Waals surface area contributed by atoms with Gasteiger partial charge in [-0.05, 0) is 24.6 Å². The van der Waals surface area contributed by atoms with Crippen LogP contribution in [0.5, 0.6) is 11.5 Å². The molecule has 0 saturated carbocycles. The molecule has 1 amide bonds. The number of carbonyl (C=O) groups excluding carboxylic acids is 1. The molecule has 1 aromatic rings. The summed E-state index contributed by atoms with van der Waals surface area (Å²) in [6, 6.07) is 3.42. The van der Waals surface area contributed by atoms with E-state index in [2.05, 4.69) is 15.9 Å². The molecule has 0 unspecified atom stereocenters. The Morgan fingerprint density at radius 3 is 2.64 bits per heavy atom. The summed E-state index contributed by atoms with van der Waals surface area (Å²) in [5.41, 5.74) is 0.704. The van der Waals surface area contributed by atoms with Crippen molar-refractivity contribution in [1.29, 1.82) is 0 Å². The van der Waals surface area contributed by atoms with E-state index in [4.69, 9.17) is 14.2 Å². The fourth-order valence-corrected chi connectivity index (χ4v) is 2.57. The first-order valence-electron chi connectivity index (χ1n) is 7.20. The number of benzene rings is 1. The molecule has 1 aromatic carbocycles. The quantitative estimate of drug-likeness (QED) is 0.819. The molecule has 1 aliphatic heterocycles. The zero-order valence-electron chi connectivity index (χ0n) is 12.5. The van der Waals surface area contributed by atoms with Crippen LogP contribution < -0.4 is 9.47 Å². The predicted molar refractivity (Wildman–Crippen MR) is 84.1 cm³/mol. The molecule has 0 bridgehead atoms. The summed E-state index contributed by atoms with van der Waals surface area (Å²) in [7, 11) is 0. The van der Waals surface area contributed by atoms with Crippen LogP contribution in [-0.4, -0.2) is 55.4 Å². The molecular formula is C15H20BrNO5. The second-order valence-electron chi connectivity index (χ2n) is 4.76. The summed E-state index contributed by atoms with van der Waals surface area (Å²) >= 11 is 3.37. The lowest BCUT2D eigenvalue weighted by atomic mass is 10.2. The number of hydrogen-bond acceptors (Lipinski definition) is 5. The molecule has 1 N–H and O–H groups in total. The van der Waals surface area contributed by atoms with Gasteiger partial charge < -0.3 is 24.2 Å². The third-order valence-corrected chi connectivity index (χ3v) is 4.04. The van der Waals surface area contributed by atoms with Gasteiger partial charge in [-0.3, -0.25) is 4.79 Å². The van der Waals surface area contributed by atoms with Crippen LogP contribution in [0.2, 0.25) is 0 Å². The zero-order valence-corrected chi connectivity index (χ0v) is 14.1. The highest BCUT2D eigenvalue weighted by molar-refractivity contribution is 9.10. The summed E-state index contributed by atoms with van der Waals surface area (Å²) in [6.45, 7) is 4.49. The predicted octanol–water partition coefficient (Wildman–Crippen LogP) is 1.58. The van der Waals surface area contributed by atoms with E-state index in [-0.39, 0.29) is 19.1 Å². The monoisotopic (exact) mass is 373 g/mol. The van der Waals surface area contributed by atoms with E-state index in [0.29, 0.717) is 54.4 Å². The molecule has 22 heavy (non-hydrogen) atoms. The van der Waals surface area contributed by atoms with Crippen molar-refractivity contribution in [2.24, 2.45) is 0 Å². The molecule has 0 aromatic heterocycles. The van der Waals surface area contributed by atoms with Gasteiger partial charge in [-0.15, -0.1) is 0 Å². The number of amides is 1. The topological polar surface area (TPSA) is 68.2 Å². The molecule has 7 heteroatoms. The van der Waals surface area contributed by atoms with E-state index in [1.807, 2.05) is 6.92 Å². The number of rotatable bonds is 6. The van der Waals surface area contributed by atoms with Gasteiger partial charge in [-0.2, -0.15) is 0 Å².